The first-order chi connectivity index (χ1) is 19.9. The molecule has 0 bridgehead atoms. The Labute approximate surface area is 247 Å². The monoisotopic (exact) mass is 562 g/mol. The molecule has 0 aliphatic heterocycles. The first-order valence-electron chi connectivity index (χ1n) is 14.6. The Morgan fingerprint density at radius 3 is 1.46 bits per heavy atom. The SMILES string of the molecule is CC(=NCCCCCN=C(Nc1c(C)cccc1C)P(c1ccccc1)c1ccccc1)Nc1c(C)cccc1C. The summed E-state index contributed by atoms with van der Waals surface area (Å²) in [7, 11) is -0.820. The molecule has 4 aromatic rings. The van der Waals surface area contributed by atoms with Gasteiger partial charge >= 0.3 is 0 Å². The summed E-state index contributed by atoms with van der Waals surface area (Å²) in [5, 5.41) is 9.90. The van der Waals surface area contributed by atoms with Crippen molar-refractivity contribution in [3.8, 4) is 0 Å². The fourth-order valence-electron chi connectivity index (χ4n) is 4.90. The van der Waals surface area contributed by atoms with Gasteiger partial charge < -0.3 is 10.6 Å². The third-order valence-electron chi connectivity index (χ3n) is 7.17. The number of benzene rings is 4. The second-order valence-corrected chi connectivity index (χ2v) is 12.7. The van der Waals surface area contributed by atoms with Gasteiger partial charge in [0.2, 0.25) is 0 Å². The van der Waals surface area contributed by atoms with Gasteiger partial charge in [-0.1, -0.05) is 97.1 Å². The van der Waals surface area contributed by atoms with Gasteiger partial charge in [-0.2, -0.15) is 0 Å². The third-order valence-corrected chi connectivity index (χ3v) is 9.48. The van der Waals surface area contributed by atoms with Crippen LogP contribution >= 0.6 is 7.92 Å². The lowest BCUT2D eigenvalue weighted by Crippen LogP contribution is -2.24. The molecule has 0 aliphatic rings. The van der Waals surface area contributed by atoms with Gasteiger partial charge in [-0.3, -0.25) is 9.98 Å². The zero-order valence-electron chi connectivity index (χ0n) is 25.1. The van der Waals surface area contributed by atoms with E-state index in [-0.39, 0.29) is 0 Å². The number of rotatable bonds is 11. The molecule has 41 heavy (non-hydrogen) atoms. The number of nitrogens with zero attached hydrogens (tertiary/aromatic N) is 2. The Morgan fingerprint density at radius 1 is 0.537 bits per heavy atom. The Bertz CT molecular complexity index is 1380. The number of aliphatic imine (C=N–C) groups is 2. The number of anilines is 2. The molecule has 0 fully saturated rings. The Hall–Kier alpha value is -3.75. The molecule has 0 aliphatic carbocycles. The maximum Gasteiger partial charge on any atom is 0.133 e. The molecular formula is C36H43N4P. The number of amidine groups is 2. The standard InChI is InChI=1S/C36H43N4P/c1-27-17-15-18-28(2)34(27)39-31(5)37-25-13-8-14-26-38-36(40-35-29(3)19-16-20-30(35)4)41(32-21-9-6-10-22-32)33-23-11-7-12-24-33/h6-7,9-12,15-24H,8,13-14,25-26H2,1-5H3,(H,37,39)(H,38,40). The molecule has 0 atom stereocenters. The molecule has 0 amide bonds. The quantitative estimate of drug-likeness (QED) is 0.0833. The summed E-state index contributed by atoms with van der Waals surface area (Å²) < 4.78 is 0. The van der Waals surface area contributed by atoms with Crippen molar-refractivity contribution in [1.82, 2.24) is 0 Å². The van der Waals surface area contributed by atoms with Crippen molar-refractivity contribution >= 4 is 41.3 Å². The molecule has 212 valence electrons. The molecule has 2 N–H and O–H groups in total. The van der Waals surface area contributed by atoms with Gasteiger partial charge in [0.05, 0.1) is 5.84 Å². The summed E-state index contributed by atoms with van der Waals surface area (Å²) in [6.07, 6.45) is 3.17. The normalized spacial score (nSPS) is 12.0. The van der Waals surface area contributed by atoms with Gasteiger partial charge in [-0.15, -0.1) is 0 Å². The van der Waals surface area contributed by atoms with Crippen LogP contribution in [0.4, 0.5) is 11.4 Å². The van der Waals surface area contributed by atoms with Crippen LogP contribution in [0.3, 0.4) is 0 Å². The predicted octanol–water partition coefficient (Wildman–Crippen LogP) is 8.52. The Morgan fingerprint density at radius 2 is 0.976 bits per heavy atom. The molecule has 4 rings (SSSR count). The number of para-hydroxylation sites is 2. The molecule has 5 heteroatoms. The van der Waals surface area contributed by atoms with Crippen LogP contribution in [0.1, 0.15) is 48.4 Å². The largest absolute Gasteiger partial charge is 0.344 e. The predicted molar refractivity (Wildman–Crippen MR) is 182 cm³/mol. The van der Waals surface area contributed by atoms with Gasteiger partial charge in [-0.25, -0.2) is 0 Å². The van der Waals surface area contributed by atoms with Crippen LogP contribution in [0, 0.1) is 27.7 Å². The zero-order chi connectivity index (χ0) is 29.0. The van der Waals surface area contributed by atoms with E-state index in [0.717, 1.165) is 49.5 Å². The maximum absolute atomic E-state index is 5.25. The van der Waals surface area contributed by atoms with Crippen molar-refractivity contribution in [3.05, 3.63) is 119 Å². The van der Waals surface area contributed by atoms with Gasteiger partial charge in [0.15, 0.2) is 0 Å². The number of hydrogen-bond donors (Lipinski definition) is 2. The summed E-state index contributed by atoms with van der Waals surface area (Å²) in [4.78, 5) is 10.0. The van der Waals surface area contributed by atoms with Crippen molar-refractivity contribution < 1.29 is 0 Å². The van der Waals surface area contributed by atoms with Gasteiger partial charge in [-0.05, 0) is 86.7 Å². The molecule has 0 aromatic heterocycles. The summed E-state index contributed by atoms with van der Waals surface area (Å²) in [6, 6.07) is 34.4. The lowest BCUT2D eigenvalue weighted by atomic mass is 10.1. The molecule has 0 saturated carbocycles. The molecule has 0 radical (unpaired) electrons. The molecular weight excluding hydrogens is 519 g/mol. The average molecular weight is 563 g/mol. The summed E-state index contributed by atoms with van der Waals surface area (Å²) in [5.74, 6) is 0.969. The minimum absolute atomic E-state index is 0.787. The average Bonchev–Trinajstić information content (AvgIpc) is 2.97. The topological polar surface area (TPSA) is 48.8 Å². The van der Waals surface area contributed by atoms with E-state index in [1.165, 1.54) is 38.6 Å². The molecule has 4 nitrogen and oxygen atoms in total. The second kappa shape index (κ2) is 15.3. The van der Waals surface area contributed by atoms with Crippen molar-refractivity contribution in [2.45, 2.75) is 53.9 Å². The van der Waals surface area contributed by atoms with E-state index < -0.39 is 7.92 Å². The van der Waals surface area contributed by atoms with Crippen LogP contribution in [-0.2, 0) is 0 Å². The highest BCUT2D eigenvalue weighted by molar-refractivity contribution is 7.88. The van der Waals surface area contributed by atoms with Crippen LogP contribution in [0.25, 0.3) is 0 Å². The van der Waals surface area contributed by atoms with Crippen molar-refractivity contribution in [2.75, 3.05) is 23.7 Å². The highest BCUT2D eigenvalue weighted by Gasteiger charge is 2.21. The zero-order valence-corrected chi connectivity index (χ0v) is 26.0. The van der Waals surface area contributed by atoms with Gasteiger partial charge in [0.1, 0.15) is 5.58 Å². The minimum atomic E-state index is -0.820. The van der Waals surface area contributed by atoms with E-state index >= 15 is 0 Å². The van der Waals surface area contributed by atoms with Gasteiger partial charge in [0.25, 0.3) is 0 Å². The van der Waals surface area contributed by atoms with Crippen LogP contribution in [0.5, 0.6) is 0 Å². The Kier molecular flexibility index (Phi) is 11.3. The van der Waals surface area contributed by atoms with E-state index in [9.17, 15) is 0 Å². The van der Waals surface area contributed by atoms with Crippen molar-refractivity contribution in [2.24, 2.45) is 9.98 Å². The summed E-state index contributed by atoms with van der Waals surface area (Å²) >= 11 is 0. The fourth-order valence-corrected chi connectivity index (χ4v) is 7.09. The van der Waals surface area contributed by atoms with Crippen LogP contribution in [0.15, 0.2) is 107 Å². The fraction of sp³-hybridized carbons (Fsp3) is 0.278. The first-order valence-corrected chi connectivity index (χ1v) is 15.9. The third kappa shape index (κ3) is 8.62. The number of unbranched alkanes of at least 4 members (excludes halogenated alkanes) is 2. The smallest absolute Gasteiger partial charge is 0.133 e. The van der Waals surface area contributed by atoms with E-state index in [2.05, 4.69) is 142 Å². The number of nitrogens with one attached hydrogen (secondary N) is 2. The lowest BCUT2D eigenvalue weighted by molar-refractivity contribution is 0.696. The lowest BCUT2D eigenvalue weighted by Gasteiger charge is -2.24. The molecule has 0 heterocycles. The van der Waals surface area contributed by atoms with E-state index in [0.29, 0.717) is 0 Å². The first kappa shape index (κ1) is 30.2. The van der Waals surface area contributed by atoms with Crippen LogP contribution in [0.2, 0.25) is 0 Å². The van der Waals surface area contributed by atoms with E-state index in [4.69, 9.17) is 9.98 Å². The highest BCUT2D eigenvalue weighted by Crippen LogP contribution is 2.37. The maximum atomic E-state index is 5.25. The van der Waals surface area contributed by atoms with Crippen molar-refractivity contribution in [3.63, 3.8) is 0 Å². The van der Waals surface area contributed by atoms with E-state index in [1.807, 2.05) is 0 Å². The highest BCUT2D eigenvalue weighted by atomic mass is 31.1. The van der Waals surface area contributed by atoms with Crippen LogP contribution < -0.4 is 21.2 Å². The van der Waals surface area contributed by atoms with Crippen LogP contribution in [-0.4, -0.2) is 24.5 Å². The Balaban J connectivity index is 1.45. The van der Waals surface area contributed by atoms with E-state index in [1.54, 1.807) is 0 Å². The second-order valence-electron chi connectivity index (χ2n) is 10.5. The van der Waals surface area contributed by atoms with Gasteiger partial charge in [0, 0.05) is 32.4 Å². The number of hydrogen-bond acceptors (Lipinski definition) is 2. The molecule has 4 aromatic carbocycles. The molecule has 0 spiro atoms. The summed E-state index contributed by atoms with van der Waals surface area (Å²) in [5.41, 5.74) is 8.34. The summed E-state index contributed by atoms with van der Waals surface area (Å²) in [6.45, 7) is 12.3. The molecule has 0 saturated heterocycles. The number of aryl methyl sites for hydroxylation is 4. The molecule has 0 unspecified atom stereocenters. The van der Waals surface area contributed by atoms with Crippen molar-refractivity contribution in [1.29, 1.82) is 0 Å². The minimum Gasteiger partial charge on any atom is -0.344 e.